The zero-order valence-corrected chi connectivity index (χ0v) is 8.64. The van der Waals surface area contributed by atoms with E-state index in [4.69, 9.17) is 0 Å². The Morgan fingerprint density at radius 2 is 2.00 bits per heavy atom. The first kappa shape index (κ1) is 10.6. The summed E-state index contributed by atoms with van der Waals surface area (Å²) in [6, 6.07) is 0. The predicted octanol–water partition coefficient (Wildman–Crippen LogP) is 1.25. The van der Waals surface area contributed by atoms with E-state index in [1.807, 2.05) is 6.92 Å². The van der Waals surface area contributed by atoms with E-state index >= 15 is 0 Å². The van der Waals surface area contributed by atoms with Crippen molar-refractivity contribution in [3.8, 4) is 11.8 Å². The Bertz CT molecular complexity index is 206. The molecule has 0 aromatic carbocycles. The van der Waals surface area contributed by atoms with E-state index in [1.165, 1.54) is 0 Å². The van der Waals surface area contributed by atoms with Gasteiger partial charge in [-0.1, -0.05) is 0 Å². The highest BCUT2D eigenvalue weighted by Crippen LogP contribution is 2.25. The molecule has 0 unspecified atom stereocenters. The maximum absolute atomic E-state index is 10.1. The zero-order chi connectivity index (χ0) is 9.73. The second-order valence-corrected chi connectivity index (χ2v) is 3.95. The van der Waals surface area contributed by atoms with E-state index in [0.29, 0.717) is 0 Å². The standard InChI is InChI=1S/C11H19NO/c1-3-4-5-6-11(13)7-9-12(2)10-8-11/h13H,5-10H2,1-2H3. The van der Waals surface area contributed by atoms with Gasteiger partial charge in [-0.3, -0.25) is 0 Å². The average molecular weight is 181 g/mol. The number of hydrogen-bond acceptors (Lipinski definition) is 2. The van der Waals surface area contributed by atoms with Crippen molar-refractivity contribution in [1.82, 2.24) is 4.90 Å². The highest BCUT2D eigenvalue weighted by Gasteiger charge is 2.29. The normalized spacial score (nSPS) is 22.1. The molecule has 1 N–H and O–H groups in total. The molecule has 1 aliphatic rings. The topological polar surface area (TPSA) is 23.5 Å². The lowest BCUT2D eigenvalue weighted by molar-refractivity contribution is -0.0210. The Morgan fingerprint density at radius 3 is 2.54 bits per heavy atom. The molecule has 0 atom stereocenters. The van der Waals surface area contributed by atoms with Crippen LogP contribution in [0.15, 0.2) is 0 Å². The van der Waals surface area contributed by atoms with Gasteiger partial charge in [0, 0.05) is 19.5 Å². The highest BCUT2D eigenvalue weighted by atomic mass is 16.3. The van der Waals surface area contributed by atoms with Crippen LogP contribution in [0.2, 0.25) is 0 Å². The lowest BCUT2D eigenvalue weighted by Crippen LogP contribution is -2.42. The maximum Gasteiger partial charge on any atom is 0.0681 e. The van der Waals surface area contributed by atoms with E-state index in [1.54, 1.807) is 0 Å². The van der Waals surface area contributed by atoms with Gasteiger partial charge in [0.2, 0.25) is 0 Å². The van der Waals surface area contributed by atoms with Crippen LogP contribution in [0.4, 0.5) is 0 Å². The van der Waals surface area contributed by atoms with E-state index in [0.717, 1.165) is 38.8 Å². The van der Waals surface area contributed by atoms with Crippen molar-refractivity contribution in [2.75, 3.05) is 20.1 Å². The summed E-state index contributed by atoms with van der Waals surface area (Å²) in [4.78, 5) is 2.26. The number of hydrogen-bond donors (Lipinski definition) is 1. The minimum Gasteiger partial charge on any atom is -0.390 e. The molecule has 0 saturated carbocycles. The van der Waals surface area contributed by atoms with Gasteiger partial charge in [-0.25, -0.2) is 0 Å². The van der Waals surface area contributed by atoms with E-state index in [9.17, 15) is 5.11 Å². The third-order valence-corrected chi connectivity index (χ3v) is 2.81. The van der Waals surface area contributed by atoms with E-state index in [2.05, 4.69) is 23.8 Å². The summed E-state index contributed by atoms with van der Waals surface area (Å²) in [6.45, 7) is 3.87. The summed E-state index contributed by atoms with van der Waals surface area (Å²) in [7, 11) is 2.10. The third kappa shape index (κ3) is 3.38. The molecule has 0 aromatic rings. The van der Waals surface area contributed by atoms with Gasteiger partial charge in [-0.05, 0) is 33.2 Å². The molecule has 0 amide bonds. The number of rotatable bonds is 2. The Morgan fingerprint density at radius 1 is 1.38 bits per heavy atom. The smallest absolute Gasteiger partial charge is 0.0681 e. The van der Waals surface area contributed by atoms with Crippen LogP contribution < -0.4 is 0 Å². The summed E-state index contributed by atoms with van der Waals surface area (Å²) in [6.07, 6.45) is 3.46. The monoisotopic (exact) mass is 181 g/mol. The molecule has 1 saturated heterocycles. The van der Waals surface area contributed by atoms with Gasteiger partial charge in [0.05, 0.1) is 5.60 Å². The Labute approximate surface area is 80.9 Å². The first-order valence-electron chi connectivity index (χ1n) is 4.97. The molecule has 0 aromatic heterocycles. The van der Waals surface area contributed by atoms with Crippen molar-refractivity contribution >= 4 is 0 Å². The summed E-state index contributed by atoms with van der Waals surface area (Å²) in [5.74, 6) is 5.87. The first-order valence-corrected chi connectivity index (χ1v) is 4.97. The van der Waals surface area contributed by atoms with Crippen LogP contribution in [0, 0.1) is 11.8 Å². The fourth-order valence-electron chi connectivity index (χ4n) is 1.70. The molecular weight excluding hydrogens is 162 g/mol. The lowest BCUT2D eigenvalue weighted by atomic mass is 9.87. The number of piperidine rings is 1. The van der Waals surface area contributed by atoms with Gasteiger partial charge < -0.3 is 10.0 Å². The maximum atomic E-state index is 10.1. The molecule has 1 fully saturated rings. The van der Waals surface area contributed by atoms with E-state index in [-0.39, 0.29) is 0 Å². The number of nitrogens with zero attached hydrogens (tertiary/aromatic N) is 1. The molecule has 74 valence electrons. The predicted molar refractivity (Wildman–Crippen MR) is 54.4 cm³/mol. The van der Waals surface area contributed by atoms with Crippen LogP contribution in [0.1, 0.15) is 32.6 Å². The van der Waals surface area contributed by atoms with Crippen LogP contribution >= 0.6 is 0 Å². The van der Waals surface area contributed by atoms with Gasteiger partial charge in [-0.2, -0.15) is 0 Å². The summed E-state index contributed by atoms with van der Waals surface area (Å²) < 4.78 is 0. The van der Waals surface area contributed by atoms with Gasteiger partial charge in [-0.15, -0.1) is 11.8 Å². The molecule has 0 spiro atoms. The highest BCUT2D eigenvalue weighted by molar-refractivity contribution is 4.97. The van der Waals surface area contributed by atoms with Crippen LogP contribution in [0.5, 0.6) is 0 Å². The fourth-order valence-corrected chi connectivity index (χ4v) is 1.70. The minimum absolute atomic E-state index is 0.434. The Hall–Kier alpha value is -0.520. The molecule has 0 bridgehead atoms. The van der Waals surface area contributed by atoms with Crippen molar-refractivity contribution < 1.29 is 5.11 Å². The summed E-state index contributed by atoms with van der Waals surface area (Å²) in [5.41, 5.74) is -0.434. The molecule has 1 aliphatic heterocycles. The second kappa shape index (κ2) is 4.64. The molecule has 2 nitrogen and oxygen atoms in total. The van der Waals surface area contributed by atoms with Gasteiger partial charge in [0.25, 0.3) is 0 Å². The fraction of sp³-hybridized carbons (Fsp3) is 0.818. The summed E-state index contributed by atoms with van der Waals surface area (Å²) in [5, 5.41) is 10.1. The van der Waals surface area contributed by atoms with Crippen molar-refractivity contribution in [1.29, 1.82) is 0 Å². The number of likely N-dealkylation sites (tertiary alicyclic amines) is 1. The van der Waals surface area contributed by atoms with Crippen molar-refractivity contribution in [2.24, 2.45) is 0 Å². The quantitative estimate of drug-likeness (QED) is 0.648. The molecule has 2 heteroatoms. The van der Waals surface area contributed by atoms with Gasteiger partial charge >= 0.3 is 0 Å². The van der Waals surface area contributed by atoms with Crippen LogP contribution in [0.3, 0.4) is 0 Å². The molecule has 13 heavy (non-hydrogen) atoms. The Kier molecular flexibility index (Phi) is 3.77. The van der Waals surface area contributed by atoms with Gasteiger partial charge in [0.15, 0.2) is 0 Å². The first-order chi connectivity index (χ1) is 6.16. The van der Waals surface area contributed by atoms with E-state index < -0.39 is 5.60 Å². The van der Waals surface area contributed by atoms with Crippen LogP contribution in [-0.4, -0.2) is 35.7 Å². The number of aliphatic hydroxyl groups is 1. The SMILES string of the molecule is CC#CCCC1(O)CCN(C)CC1. The van der Waals surface area contributed by atoms with Crippen LogP contribution in [-0.2, 0) is 0 Å². The second-order valence-electron chi connectivity index (χ2n) is 3.95. The Balaban J connectivity index is 2.32. The molecular formula is C11H19NO. The van der Waals surface area contributed by atoms with Crippen molar-refractivity contribution in [3.63, 3.8) is 0 Å². The molecule has 1 heterocycles. The lowest BCUT2D eigenvalue weighted by Gasteiger charge is -2.36. The zero-order valence-electron chi connectivity index (χ0n) is 8.64. The third-order valence-electron chi connectivity index (χ3n) is 2.81. The van der Waals surface area contributed by atoms with Gasteiger partial charge in [0.1, 0.15) is 0 Å². The molecule has 0 radical (unpaired) electrons. The van der Waals surface area contributed by atoms with Crippen molar-refractivity contribution in [2.45, 2.75) is 38.2 Å². The molecule has 1 rings (SSSR count). The van der Waals surface area contributed by atoms with Crippen LogP contribution in [0.25, 0.3) is 0 Å². The minimum atomic E-state index is -0.434. The largest absolute Gasteiger partial charge is 0.390 e. The summed E-state index contributed by atoms with van der Waals surface area (Å²) >= 11 is 0. The van der Waals surface area contributed by atoms with Crippen molar-refractivity contribution in [3.05, 3.63) is 0 Å². The average Bonchev–Trinajstić information content (AvgIpc) is 2.12. The molecule has 0 aliphatic carbocycles.